The number of carbonyl (C=O) groups is 1. The molecule has 4 aromatic carbocycles. The highest BCUT2D eigenvalue weighted by Crippen LogP contribution is 2.29. The number of fused-ring (bicyclic) bond motifs is 2. The van der Waals surface area contributed by atoms with Crippen LogP contribution in [0.3, 0.4) is 0 Å². The summed E-state index contributed by atoms with van der Waals surface area (Å²) in [6.07, 6.45) is 1.43. The number of rotatable bonds is 7. The van der Waals surface area contributed by atoms with Gasteiger partial charge in [0.15, 0.2) is 12.4 Å². The van der Waals surface area contributed by atoms with Crippen LogP contribution in [0.15, 0.2) is 110 Å². The first-order valence-electron chi connectivity index (χ1n) is 12.6. The average Bonchev–Trinajstić information content (AvgIpc) is 3.40. The summed E-state index contributed by atoms with van der Waals surface area (Å²) in [6, 6.07) is 24.8. The van der Waals surface area contributed by atoms with Crippen LogP contribution in [0.5, 0.6) is 5.75 Å². The summed E-state index contributed by atoms with van der Waals surface area (Å²) < 4.78 is 27.5. The first-order chi connectivity index (χ1) is 20.4. The van der Waals surface area contributed by atoms with Crippen LogP contribution in [0.1, 0.15) is 5.56 Å². The number of hydrogen-bond donors (Lipinski definition) is 1. The van der Waals surface area contributed by atoms with Crippen molar-refractivity contribution < 1.29 is 18.3 Å². The Labute approximate surface area is 251 Å². The minimum absolute atomic E-state index is 0.0484. The molecule has 0 aliphatic heterocycles. The van der Waals surface area contributed by atoms with Crippen LogP contribution >= 0.6 is 27.5 Å². The van der Waals surface area contributed by atoms with Gasteiger partial charge in [-0.1, -0.05) is 51.8 Å². The lowest BCUT2D eigenvalue weighted by atomic mass is 10.2. The molecule has 0 aliphatic rings. The van der Waals surface area contributed by atoms with E-state index in [2.05, 4.69) is 31.3 Å². The van der Waals surface area contributed by atoms with Gasteiger partial charge >= 0.3 is 0 Å². The molecule has 0 aliphatic carbocycles. The molecule has 0 bridgehead atoms. The molecule has 42 heavy (non-hydrogen) atoms. The summed E-state index contributed by atoms with van der Waals surface area (Å²) in [5.41, 5.74) is 1.16. The Bertz CT molecular complexity index is 2070. The number of carbonyl (C=O) groups excluding carboxylic acids is 1. The van der Waals surface area contributed by atoms with E-state index in [1.165, 1.54) is 24.4 Å². The highest BCUT2D eigenvalue weighted by atomic mass is 79.9. The Morgan fingerprint density at radius 1 is 1.07 bits per heavy atom. The molecule has 6 aromatic rings. The lowest BCUT2D eigenvalue weighted by Crippen LogP contribution is -2.21. The van der Waals surface area contributed by atoms with Crippen LogP contribution in [-0.2, 0) is 4.79 Å². The third-order valence-electron chi connectivity index (χ3n) is 6.24. The van der Waals surface area contributed by atoms with Crippen LogP contribution in [-0.4, -0.2) is 28.4 Å². The van der Waals surface area contributed by atoms with Crippen LogP contribution in [0, 0.1) is 5.82 Å². The Hall–Kier alpha value is -4.80. The third-order valence-corrected chi connectivity index (χ3v) is 6.97. The Balaban J connectivity index is 1.36. The molecule has 0 saturated heterocycles. The van der Waals surface area contributed by atoms with Crippen molar-refractivity contribution >= 4 is 67.2 Å². The highest BCUT2D eigenvalue weighted by molar-refractivity contribution is 9.10. The second kappa shape index (κ2) is 11.6. The van der Waals surface area contributed by atoms with Gasteiger partial charge in [-0.3, -0.25) is 9.59 Å². The second-order valence-corrected chi connectivity index (χ2v) is 10.5. The summed E-state index contributed by atoms with van der Waals surface area (Å²) in [5.74, 6) is -0.285. The maximum absolute atomic E-state index is 13.9. The normalized spacial score (nSPS) is 11.4. The number of benzene rings is 4. The van der Waals surface area contributed by atoms with Gasteiger partial charge in [-0.15, -0.1) is 0 Å². The van der Waals surface area contributed by atoms with E-state index < -0.39 is 17.3 Å². The van der Waals surface area contributed by atoms with Crippen molar-refractivity contribution in [3.05, 3.63) is 122 Å². The molecule has 2 heterocycles. The molecule has 11 heteroatoms. The standard InChI is InChI=1S/C31H19BrClFN4O4/c32-20-9-11-26(41-17-29(39)36-25-8-4-2-6-23(25)34)19(13-20)16-35-38-30(37-24-7-3-1-5-22(24)31(38)40)28-15-18-14-21(33)10-12-27(18)42-28/h1-16H,17H2,(H,36,39). The smallest absolute Gasteiger partial charge is 0.282 e. The molecule has 2 aromatic heterocycles. The molecular weight excluding hydrogens is 627 g/mol. The van der Waals surface area contributed by atoms with E-state index in [9.17, 15) is 14.0 Å². The fraction of sp³-hybridized carbons (Fsp3) is 0.0323. The molecule has 0 atom stereocenters. The van der Waals surface area contributed by atoms with E-state index in [1.807, 2.05) is 0 Å². The first-order valence-corrected chi connectivity index (χ1v) is 13.8. The molecule has 0 saturated carbocycles. The van der Waals surface area contributed by atoms with E-state index in [0.29, 0.717) is 43.1 Å². The molecule has 8 nitrogen and oxygen atoms in total. The quantitative estimate of drug-likeness (QED) is 0.184. The molecule has 0 unspecified atom stereocenters. The van der Waals surface area contributed by atoms with Crippen molar-refractivity contribution in [1.29, 1.82) is 0 Å². The molecule has 0 spiro atoms. The Kier molecular flexibility index (Phi) is 7.56. The number of hydrogen-bond acceptors (Lipinski definition) is 6. The predicted molar refractivity (Wildman–Crippen MR) is 164 cm³/mol. The Morgan fingerprint density at radius 3 is 2.74 bits per heavy atom. The molecule has 208 valence electrons. The molecular formula is C31H19BrClFN4O4. The van der Waals surface area contributed by atoms with Crippen molar-refractivity contribution in [2.75, 3.05) is 11.9 Å². The zero-order valence-electron chi connectivity index (χ0n) is 21.6. The van der Waals surface area contributed by atoms with Gasteiger partial charge < -0.3 is 14.5 Å². The molecule has 6 rings (SSSR count). The zero-order chi connectivity index (χ0) is 29.2. The van der Waals surface area contributed by atoms with Gasteiger partial charge in [-0.2, -0.15) is 9.78 Å². The summed E-state index contributed by atoms with van der Waals surface area (Å²) in [5, 5.41) is 8.61. The topological polar surface area (TPSA) is 98.7 Å². The molecule has 1 amide bonds. The van der Waals surface area contributed by atoms with Crippen LogP contribution in [0.4, 0.5) is 10.1 Å². The number of nitrogens with one attached hydrogen (secondary N) is 1. The summed E-state index contributed by atoms with van der Waals surface area (Å²) in [6.45, 7) is -0.388. The zero-order valence-corrected chi connectivity index (χ0v) is 23.9. The lowest BCUT2D eigenvalue weighted by molar-refractivity contribution is -0.118. The van der Waals surface area contributed by atoms with Gasteiger partial charge in [-0.25, -0.2) is 9.37 Å². The lowest BCUT2D eigenvalue weighted by Gasteiger charge is -2.11. The van der Waals surface area contributed by atoms with Gasteiger partial charge in [0.1, 0.15) is 17.1 Å². The fourth-order valence-electron chi connectivity index (χ4n) is 4.28. The molecule has 0 radical (unpaired) electrons. The summed E-state index contributed by atoms with van der Waals surface area (Å²) in [4.78, 5) is 30.7. The van der Waals surface area contributed by atoms with Gasteiger partial charge in [0.25, 0.3) is 11.5 Å². The number of aromatic nitrogens is 2. The maximum Gasteiger partial charge on any atom is 0.282 e. The van der Waals surface area contributed by atoms with Gasteiger partial charge in [-0.05, 0) is 66.7 Å². The number of furan rings is 1. The van der Waals surface area contributed by atoms with Crippen LogP contribution in [0.25, 0.3) is 33.5 Å². The Morgan fingerprint density at radius 2 is 1.88 bits per heavy atom. The SMILES string of the molecule is O=C(COc1ccc(Br)cc1C=Nn1c(-c2cc3cc(Cl)ccc3o2)nc2ccccc2c1=O)Nc1ccccc1F. The van der Waals surface area contributed by atoms with Crippen molar-refractivity contribution in [3.8, 4) is 17.3 Å². The first kappa shape index (κ1) is 27.4. The van der Waals surface area contributed by atoms with Crippen molar-refractivity contribution in [1.82, 2.24) is 9.66 Å². The predicted octanol–water partition coefficient (Wildman–Crippen LogP) is 7.26. The van der Waals surface area contributed by atoms with Crippen molar-refractivity contribution in [3.63, 3.8) is 0 Å². The van der Waals surface area contributed by atoms with Gasteiger partial charge in [0.05, 0.1) is 22.8 Å². The maximum atomic E-state index is 13.9. The molecule has 0 fully saturated rings. The minimum Gasteiger partial charge on any atom is -0.483 e. The van der Waals surface area contributed by atoms with E-state index in [4.69, 9.17) is 20.8 Å². The van der Waals surface area contributed by atoms with Crippen molar-refractivity contribution in [2.45, 2.75) is 0 Å². The van der Waals surface area contributed by atoms with Gasteiger partial charge in [0, 0.05) is 20.4 Å². The average molecular weight is 646 g/mol. The summed E-state index contributed by atoms with van der Waals surface area (Å²) in [7, 11) is 0. The van der Waals surface area contributed by atoms with Gasteiger partial charge in [0.2, 0.25) is 5.82 Å². The van der Waals surface area contributed by atoms with E-state index in [-0.39, 0.29) is 18.1 Å². The number of ether oxygens (including phenoxy) is 1. The van der Waals surface area contributed by atoms with Crippen molar-refractivity contribution in [2.24, 2.45) is 5.10 Å². The second-order valence-electron chi connectivity index (χ2n) is 9.11. The van der Waals surface area contributed by atoms with E-state index in [1.54, 1.807) is 72.8 Å². The monoisotopic (exact) mass is 644 g/mol. The number of anilines is 1. The van der Waals surface area contributed by atoms with Crippen LogP contribution in [0.2, 0.25) is 5.02 Å². The number of halogens is 3. The minimum atomic E-state index is -0.555. The largest absolute Gasteiger partial charge is 0.483 e. The highest BCUT2D eigenvalue weighted by Gasteiger charge is 2.17. The molecule has 1 N–H and O–H groups in total. The number of nitrogens with zero attached hydrogens (tertiary/aromatic N) is 3. The van der Waals surface area contributed by atoms with E-state index >= 15 is 0 Å². The summed E-state index contributed by atoms with van der Waals surface area (Å²) >= 11 is 9.59. The fourth-order valence-corrected chi connectivity index (χ4v) is 4.84. The third kappa shape index (κ3) is 5.67. The number of para-hydroxylation sites is 2. The van der Waals surface area contributed by atoms with E-state index in [0.717, 1.165) is 10.1 Å². The number of amides is 1. The van der Waals surface area contributed by atoms with Crippen LogP contribution < -0.4 is 15.6 Å².